The molecular formula is C18H26O4SSi. The van der Waals surface area contributed by atoms with E-state index in [1.807, 2.05) is 12.1 Å². The van der Waals surface area contributed by atoms with Crippen molar-refractivity contribution >= 4 is 18.2 Å². The van der Waals surface area contributed by atoms with Crippen LogP contribution in [0, 0.1) is 0 Å². The highest BCUT2D eigenvalue weighted by Gasteiger charge is 2.69. The standard InChI is InChI=1S/C18H26O4SSi/c1-17(2,3)24(4,5)22-15-12-9-13-18(16(15)21-18)23(19,20)14-10-7-6-8-11-14/h6-11,13,15-16H,12H2,1-5H3/t15-,16+,18+/m0/s1. The fourth-order valence-electron chi connectivity index (χ4n) is 2.88. The van der Waals surface area contributed by atoms with Crippen LogP contribution in [0.15, 0.2) is 47.4 Å². The van der Waals surface area contributed by atoms with E-state index >= 15 is 0 Å². The summed E-state index contributed by atoms with van der Waals surface area (Å²) in [6, 6.07) is 8.51. The summed E-state index contributed by atoms with van der Waals surface area (Å²) in [4.78, 5) is -0.954. The van der Waals surface area contributed by atoms with Gasteiger partial charge in [-0.3, -0.25) is 0 Å². The molecule has 1 fully saturated rings. The highest BCUT2D eigenvalue weighted by atomic mass is 32.2. The molecule has 2 aliphatic rings. The molecule has 6 heteroatoms. The van der Waals surface area contributed by atoms with Gasteiger partial charge in [-0.1, -0.05) is 45.0 Å². The molecule has 0 N–H and O–H groups in total. The zero-order chi connectivity index (χ0) is 17.8. The molecule has 3 atom stereocenters. The molecule has 0 amide bonds. The third-order valence-electron chi connectivity index (χ3n) is 5.43. The van der Waals surface area contributed by atoms with Crippen LogP contribution in [0.1, 0.15) is 27.2 Å². The third-order valence-corrected chi connectivity index (χ3v) is 12.1. The number of ether oxygens (including phenoxy) is 1. The fourth-order valence-corrected chi connectivity index (χ4v) is 6.06. The predicted octanol–water partition coefficient (Wildman–Crippen LogP) is 3.91. The lowest BCUT2D eigenvalue weighted by Gasteiger charge is -2.39. The van der Waals surface area contributed by atoms with E-state index in [0.29, 0.717) is 11.3 Å². The Morgan fingerprint density at radius 1 is 1.21 bits per heavy atom. The minimum Gasteiger partial charge on any atom is -0.411 e. The number of benzene rings is 1. The lowest BCUT2D eigenvalue weighted by Crippen LogP contribution is -2.47. The smallest absolute Gasteiger partial charge is 0.221 e. The molecule has 3 rings (SSSR count). The summed E-state index contributed by atoms with van der Waals surface area (Å²) < 4.78 is 38.3. The molecule has 4 nitrogen and oxygen atoms in total. The zero-order valence-electron chi connectivity index (χ0n) is 14.9. The summed E-state index contributed by atoms with van der Waals surface area (Å²) in [6.45, 7) is 10.9. The normalized spacial score (nSPS) is 30.0. The monoisotopic (exact) mass is 366 g/mol. The summed E-state index contributed by atoms with van der Waals surface area (Å²) >= 11 is 0. The van der Waals surface area contributed by atoms with Gasteiger partial charge in [0, 0.05) is 0 Å². The van der Waals surface area contributed by atoms with Crippen molar-refractivity contribution in [3.05, 3.63) is 42.5 Å². The summed E-state index contributed by atoms with van der Waals surface area (Å²) in [5, 5.41) is 0.0734. The van der Waals surface area contributed by atoms with Crippen molar-refractivity contribution < 1.29 is 17.6 Å². The molecule has 0 spiro atoms. The van der Waals surface area contributed by atoms with E-state index in [1.54, 1.807) is 30.3 Å². The summed E-state index contributed by atoms with van der Waals surface area (Å²) in [5.41, 5.74) is 0. The molecule has 132 valence electrons. The van der Waals surface area contributed by atoms with Crippen molar-refractivity contribution in [2.24, 2.45) is 0 Å². The van der Waals surface area contributed by atoms with Gasteiger partial charge >= 0.3 is 0 Å². The first-order valence-electron chi connectivity index (χ1n) is 8.34. The van der Waals surface area contributed by atoms with Crippen LogP contribution in [0.25, 0.3) is 0 Å². The Morgan fingerprint density at radius 2 is 1.83 bits per heavy atom. The van der Waals surface area contributed by atoms with E-state index in [-0.39, 0.29) is 11.1 Å². The van der Waals surface area contributed by atoms with Gasteiger partial charge in [0.2, 0.25) is 14.8 Å². The number of rotatable bonds is 4. The molecule has 1 heterocycles. The lowest BCUT2D eigenvalue weighted by atomic mass is 10.0. The fraction of sp³-hybridized carbons (Fsp3) is 0.556. The lowest BCUT2D eigenvalue weighted by molar-refractivity contribution is 0.145. The maximum atomic E-state index is 13.0. The zero-order valence-corrected chi connectivity index (χ0v) is 16.8. The van der Waals surface area contributed by atoms with Gasteiger partial charge < -0.3 is 9.16 Å². The first-order chi connectivity index (χ1) is 11.0. The van der Waals surface area contributed by atoms with Crippen LogP contribution in [0.3, 0.4) is 0 Å². The van der Waals surface area contributed by atoms with Crippen LogP contribution in [-0.4, -0.2) is 33.9 Å². The summed E-state index contributed by atoms with van der Waals surface area (Å²) in [6.07, 6.45) is 3.67. The molecule has 0 saturated carbocycles. The maximum Gasteiger partial charge on any atom is 0.221 e. The largest absolute Gasteiger partial charge is 0.411 e. The molecule has 1 aliphatic carbocycles. The Morgan fingerprint density at radius 3 is 2.42 bits per heavy atom. The van der Waals surface area contributed by atoms with E-state index < -0.39 is 29.2 Å². The minimum absolute atomic E-state index is 0.0734. The quantitative estimate of drug-likeness (QED) is 0.461. The van der Waals surface area contributed by atoms with Gasteiger partial charge in [0.05, 0.1) is 11.0 Å². The molecule has 1 aliphatic heterocycles. The second-order valence-electron chi connectivity index (χ2n) is 8.13. The molecule has 1 aromatic rings. The van der Waals surface area contributed by atoms with Crippen molar-refractivity contribution in [1.29, 1.82) is 0 Å². The first-order valence-corrected chi connectivity index (χ1v) is 12.7. The van der Waals surface area contributed by atoms with Gasteiger partial charge in [0.1, 0.15) is 6.10 Å². The van der Waals surface area contributed by atoms with Gasteiger partial charge in [-0.25, -0.2) is 8.42 Å². The minimum atomic E-state index is -3.59. The Hall–Kier alpha value is -0.953. The Bertz CT molecular complexity index is 749. The number of hydrogen-bond donors (Lipinski definition) is 0. The summed E-state index contributed by atoms with van der Waals surface area (Å²) in [7, 11) is -5.57. The molecule has 0 radical (unpaired) electrons. The molecule has 0 aromatic heterocycles. The first kappa shape index (κ1) is 17.9. The van der Waals surface area contributed by atoms with E-state index in [0.717, 1.165) is 0 Å². The van der Waals surface area contributed by atoms with Crippen LogP contribution < -0.4 is 0 Å². The predicted molar refractivity (Wildman–Crippen MR) is 97.1 cm³/mol. The topological polar surface area (TPSA) is 55.9 Å². The van der Waals surface area contributed by atoms with Gasteiger partial charge in [0.15, 0.2) is 8.32 Å². The highest BCUT2D eigenvalue weighted by molar-refractivity contribution is 7.93. The van der Waals surface area contributed by atoms with Gasteiger partial charge in [-0.05, 0) is 42.8 Å². The van der Waals surface area contributed by atoms with Gasteiger partial charge in [-0.15, -0.1) is 0 Å². The molecule has 24 heavy (non-hydrogen) atoms. The molecular weight excluding hydrogens is 340 g/mol. The second kappa shape index (κ2) is 5.52. The van der Waals surface area contributed by atoms with Gasteiger partial charge in [0.25, 0.3) is 0 Å². The van der Waals surface area contributed by atoms with Gasteiger partial charge in [-0.2, -0.15) is 0 Å². The van der Waals surface area contributed by atoms with E-state index in [9.17, 15) is 8.42 Å². The van der Waals surface area contributed by atoms with Crippen LogP contribution in [0.4, 0.5) is 0 Å². The van der Waals surface area contributed by atoms with Crippen molar-refractivity contribution in [3.8, 4) is 0 Å². The second-order valence-corrected chi connectivity index (χ2v) is 15.0. The highest BCUT2D eigenvalue weighted by Crippen LogP contribution is 2.53. The van der Waals surface area contributed by atoms with Crippen molar-refractivity contribution in [2.45, 2.75) is 67.4 Å². The van der Waals surface area contributed by atoms with E-state index in [4.69, 9.17) is 9.16 Å². The number of fused-ring (bicyclic) bond motifs is 1. The molecule has 0 bridgehead atoms. The van der Waals surface area contributed by atoms with Crippen molar-refractivity contribution in [1.82, 2.24) is 0 Å². The van der Waals surface area contributed by atoms with Crippen LogP contribution in [-0.2, 0) is 19.0 Å². The molecule has 0 unspecified atom stereocenters. The number of sulfone groups is 1. The van der Waals surface area contributed by atoms with Crippen molar-refractivity contribution in [2.75, 3.05) is 0 Å². The summed E-state index contributed by atoms with van der Waals surface area (Å²) in [5.74, 6) is 0. The average Bonchev–Trinajstić information content (AvgIpc) is 3.24. The van der Waals surface area contributed by atoms with Crippen LogP contribution in [0.2, 0.25) is 18.1 Å². The Labute approximate surface area is 145 Å². The van der Waals surface area contributed by atoms with E-state index in [2.05, 4.69) is 33.9 Å². The SMILES string of the molecule is CC(C)(C)[Si](C)(C)O[C@H]1CC=C[C@]2(S(=O)(=O)c3ccccc3)O[C@H]12. The van der Waals surface area contributed by atoms with E-state index in [1.165, 1.54) is 0 Å². The Balaban J connectivity index is 1.87. The average molecular weight is 367 g/mol. The van der Waals surface area contributed by atoms with Crippen LogP contribution >= 0.6 is 0 Å². The molecule has 1 saturated heterocycles. The number of epoxide rings is 1. The molecule has 1 aromatic carbocycles. The van der Waals surface area contributed by atoms with Crippen LogP contribution in [0.5, 0.6) is 0 Å². The Kier molecular flexibility index (Phi) is 4.11. The maximum absolute atomic E-state index is 13.0. The third kappa shape index (κ3) is 2.69. The number of hydrogen-bond acceptors (Lipinski definition) is 4. The van der Waals surface area contributed by atoms with Crippen molar-refractivity contribution in [3.63, 3.8) is 0 Å².